The summed E-state index contributed by atoms with van der Waals surface area (Å²) in [4.78, 5) is 21.5. The number of nitrogens with one attached hydrogen (secondary N) is 2. The molecule has 0 aromatic rings. The second kappa shape index (κ2) is 7.32. The van der Waals surface area contributed by atoms with Crippen LogP contribution >= 0.6 is 0 Å². The predicted molar refractivity (Wildman–Crippen MR) is 53.0 cm³/mol. The standard InChI is InChI=1S/C9H18N2O3/c1-3-4-5-10-8(12)6-11-7(2)9(13)14/h7,11H,3-6H2,1-2H3,(H,10,12)(H,13,14). The first-order chi connectivity index (χ1) is 6.57. The van der Waals surface area contributed by atoms with Crippen molar-refractivity contribution in [2.75, 3.05) is 13.1 Å². The van der Waals surface area contributed by atoms with Crippen molar-refractivity contribution < 1.29 is 14.7 Å². The summed E-state index contributed by atoms with van der Waals surface area (Å²) >= 11 is 0. The minimum atomic E-state index is -0.952. The summed E-state index contributed by atoms with van der Waals surface area (Å²) in [6, 6.07) is -0.688. The van der Waals surface area contributed by atoms with Crippen molar-refractivity contribution in [2.45, 2.75) is 32.7 Å². The Kier molecular flexibility index (Phi) is 6.74. The van der Waals surface area contributed by atoms with Crippen molar-refractivity contribution in [3.63, 3.8) is 0 Å². The molecular weight excluding hydrogens is 184 g/mol. The molecule has 0 aromatic carbocycles. The van der Waals surface area contributed by atoms with Crippen molar-refractivity contribution in [3.05, 3.63) is 0 Å². The summed E-state index contributed by atoms with van der Waals surface area (Å²) in [5, 5.41) is 13.8. The van der Waals surface area contributed by atoms with Gasteiger partial charge in [0.2, 0.25) is 5.91 Å². The van der Waals surface area contributed by atoms with Crippen LogP contribution in [0.3, 0.4) is 0 Å². The van der Waals surface area contributed by atoms with Gasteiger partial charge in [-0.05, 0) is 13.3 Å². The van der Waals surface area contributed by atoms with Crippen LogP contribution in [0.5, 0.6) is 0 Å². The number of carbonyl (C=O) groups is 2. The Morgan fingerprint density at radius 2 is 2.07 bits per heavy atom. The maximum absolute atomic E-state index is 11.1. The fourth-order valence-electron chi connectivity index (χ4n) is 0.800. The molecule has 0 radical (unpaired) electrons. The van der Waals surface area contributed by atoms with E-state index in [1.165, 1.54) is 6.92 Å². The molecule has 0 aliphatic rings. The van der Waals surface area contributed by atoms with Crippen LogP contribution in [0.15, 0.2) is 0 Å². The van der Waals surface area contributed by atoms with E-state index in [-0.39, 0.29) is 12.5 Å². The molecule has 82 valence electrons. The highest BCUT2D eigenvalue weighted by atomic mass is 16.4. The third kappa shape index (κ3) is 6.42. The van der Waals surface area contributed by atoms with Gasteiger partial charge in [-0.2, -0.15) is 0 Å². The van der Waals surface area contributed by atoms with Gasteiger partial charge >= 0.3 is 5.97 Å². The molecule has 0 fully saturated rings. The van der Waals surface area contributed by atoms with E-state index >= 15 is 0 Å². The molecule has 5 heteroatoms. The highest BCUT2D eigenvalue weighted by Crippen LogP contribution is 1.83. The first-order valence-corrected chi connectivity index (χ1v) is 4.80. The number of unbranched alkanes of at least 4 members (excludes halogenated alkanes) is 1. The zero-order chi connectivity index (χ0) is 11.0. The first kappa shape index (κ1) is 12.9. The summed E-state index contributed by atoms with van der Waals surface area (Å²) in [7, 11) is 0. The quantitative estimate of drug-likeness (QED) is 0.506. The van der Waals surface area contributed by atoms with Gasteiger partial charge in [0.25, 0.3) is 0 Å². The van der Waals surface area contributed by atoms with E-state index in [9.17, 15) is 9.59 Å². The van der Waals surface area contributed by atoms with E-state index in [0.29, 0.717) is 6.54 Å². The Bertz CT molecular complexity index is 194. The maximum Gasteiger partial charge on any atom is 0.320 e. The minimum Gasteiger partial charge on any atom is -0.480 e. The van der Waals surface area contributed by atoms with Crippen LogP contribution in [0.2, 0.25) is 0 Å². The molecule has 0 aliphatic carbocycles. The van der Waals surface area contributed by atoms with Crippen LogP contribution in [0, 0.1) is 0 Å². The van der Waals surface area contributed by atoms with Crippen LogP contribution in [0.4, 0.5) is 0 Å². The monoisotopic (exact) mass is 202 g/mol. The van der Waals surface area contributed by atoms with E-state index in [1.54, 1.807) is 0 Å². The Hall–Kier alpha value is -1.10. The summed E-state index contributed by atoms with van der Waals surface area (Å²) in [5.41, 5.74) is 0. The molecule has 3 N–H and O–H groups in total. The Morgan fingerprint density at radius 3 is 2.57 bits per heavy atom. The van der Waals surface area contributed by atoms with Gasteiger partial charge in [0.1, 0.15) is 6.04 Å². The molecule has 0 spiro atoms. The van der Waals surface area contributed by atoms with Crippen molar-refractivity contribution >= 4 is 11.9 Å². The number of aliphatic carboxylic acids is 1. The molecular formula is C9H18N2O3. The van der Waals surface area contributed by atoms with Crippen LogP contribution in [0.25, 0.3) is 0 Å². The van der Waals surface area contributed by atoms with E-state index < -0.39 is 12.0 Å². The topological polar surface area (TPSA) is 78.4 Å². The van der Waals surface area contributed by atoms with E-state index in [0.717, 1.165) is 12.8 Å². The van der Waals surface area contributed by atoms with Gasteiger partial charge in [0.05, 0.1) is 6.54 Å². The lowest BCUT2D eigenvalue weighted by Crippen LogP contribution is -2.41. The Balaban J connectivity index is 3.48. The lowest BCUT2D eigenvalue weighted by Gasteiger charge is -2.08. The summed E-state index contributed by atoms with van der Waals surface area (Å²) in [5.74, 6) is -1.11. The zero-order valence-electron chi connectivity index (χ0n) is 8.67. The number of hydrogen-bond acceptors (Lipinski definition) is 3. The summed E-state index contributed by atoms with van der Waals surface area (Å²) in [6.45, 7) is 4.24. The van der Waals surface area contributed by atoms with Gasteiger partial charge < -0.3 is 10.4 Å². The molecule has 14 heavy (non-hydrogen) atoms. The zero-order valence-corrected chi connectivity index (χ0v) is 8.67. The largest absolute Gasteiger partial charge is 0.480 e. The average molecular weight is 202 g/mol. The van der Waals surface area contributed by atoms with Gasteiger partial charge in [-0.15, -0.1) is 0 Å². The lowest BCUT2D eigenvalue weighted by atomic mass is 10.3. The number of carboxylic acid groups (broad SMARTS) is 1. The Labute approximate surface area is 83.9 Å². The van der Waals surface area contributed by atoms with E-state index in [4.69, 9.17) is 5.11 Å². The van der Waals surface area contributed by atoms with Crippen LogP contribution in [-0.4, -0.2) is 36.1 Å². The lowest BCUT2D eigenvalue weighted by molar-refractivity contribution is -0.139. The molecule has 0 rings (SSSR count). The molecule has 5 nitrogen and oxygen atoms in total. The number of carbonyl (C=O) groups excluding carboxylic acids is 1. The first-order valence-electron chi connectivity index (χ1n) is 4.80. The summed E-state index contributed by atoms with van der Waals surface area (Å²) < 4.78 is 0. The third-order valence-corrected chi connectivity index (χ3v) is 1.79. The van der Waals surface area contributed by atoms with Crippen LogP contribution < -0.4 is 10.6 Å². The molecule has 0 heterocycles. The molecule has 1 atom stereocenters. The normalized spacial score (nSPS) is 12.1. The van der Waals surface area contributed by atoms with Gasteiger partial charge in [0, 0.05) is 6.54 Å². The third-order valence-electron chi connectivity index (χ3n) is 1.79. The fraction of sp³-hybridized carbons (Fsp3) is 0.778. The number of carboxylic acids is 1. The Morgan fingerprint density at radius 1 is 1.43 bits per heavy atom. The fourth-order valence-corrected chi connectivity index (χ4v) is 0.800. The molecule has 0 bridgehead atoms. The minimum absolute atomic E-state index is 0.0528. The average Bonchev–Trinajstić information content (AvgIpc) is 2.14. The van der Waals surface area contributed by atoms with Gasteiger partial charge in [-0.1, -0.05) is 13.3 Å². The van der Waals surface area contributed by atoms with Gasteiger partial charge in [-0.3, -0.25) is 14.9 Å². The molecule has 0 saturated heterocycles. The highest BCUT2D eigenvalue weighted by Gasteiger charge is 2.10. The molecule has 0 aromatic heterocycles. The van der Waals surface area contributed by atoms with Crippen molar-refractivity contribution in [2.24, 2.45) is 0 Å². The highest BCUT2D eigenvalue weighted by molar-refractivity contribution is 5.79. The SMILES string of the molecule is CCCCNC(=O)CNC(C)C(=O)O. The number of amides is 1. The number of rotatable bonds is 7. The maximum atomic E-state index is 11.1. The van der Waals surface area contributed by atoms with Crippen molar-refractivity contribution in [3.8, 4) is 0 Å². The van der Waals surface area contributed by atoms with E-state index in [1.807, 2.05) is 6.92 Å². The van der Waals surface area contributed by atoms with Gasteiger partial charge in [0.15, 0.2) is 0 Å². The molecule has 0 saturated carbocycles. The van der Waals surface area contributed by atoms with Crippen LogP contribution in [-0.2, 0) is 9.59 Å². The molecule has 0 aliphatic heterocycles. The predicted octanol–water partition coefficient (Wildman–Crippen LogP) is -0.0346. The molecule has 1 unspecified atom stereocenters. The summed E-state index contributed by atoms with van der Waals surface area (Å²) in [6.07, 6.45) is 1.97. The second-order valence-electron chi connectivity index (χ2n) is 3.14. The van der Waals surface area contributed by atoms with Crippen molar-refractivity contribution in [1.29, 1.82) is 0 Å². The van der Waals surface area contributed by atoms with Gasteiger partial charge in [-0.25, -0.2) is 0 Å². The van der Waals surface area contributed by atoms with Crippen LogP contribution in [0.1, 0.15) is 26.7 Å². The second-order valence-corrected chi connectivity index (χ2v) is 3.14. The molecule has 1 amide bonds. The van der Waals surface area contributed by atoms with Crippen molar-refractivity contribution in [1.82, 2.24) is 10.6 Å². The van der Waals surface area contributed by atoms with E-state index in [2.05, 4.69) is 10.6 Å². The number of hydrogen-bond donors (Lipinski definition) is 3. The smallest absolute Gasteiger partial charge is 0.320 e.